The third kappa shape index (κ3) is 2.99. The Labute approximate surface area is 184 Å². The van der Waals surface area contributed by atoms with Crippen LogP contribution in [0.1, 0.15) is 37.8 Å². The fourth-order valence-electron chi connectivity index (χ4n) is 5.17. The summed E-state index contributed by atoms with van der Waals surface area (Å²) in [6.07, 6.45) is 4.48. The lowest BCUT2D eigenvalue weighted by Gasteiger charge is -2.24. The van der Waals surface area contributed by atoms with Gasteiger partial charge in [0.15, 0.2) is 5.79 Å². The van der Waals surface area contributed by atoms with Crippen LogP contribution in [0.3, 0.4) is 0 Å². The molecule has 7 nitrogen and oxygen atoms in total. The molecule has 158 valence electrons. The molecule has 2 fully saturated rings. The van der Waals surface area contributed by atoms with Gasteiger partial charge in [0.05, 0.1) is 23.0 Å². The molecule has 1 aliphatic carbocycles. The van der Waals surface area contributed by atoms with Gasteiger partial charge in [-0.05, 0) is 61.7 Å². The summed E-state index contributed by atoms with van der Waals surface area (Å²) < 4.78 is 14.9. The van der Waals surface area contributed by atoms with E-state index in [1.807, 2.05) is 38.4 Å². The average Bonchev–Trinajstić information content (AvgIpc) is 3.38. The summed E-state index contributed by atoms with van der Waals surface area (Å²) >= 11 is 6.12. The van der Waals surface area contributed by atoms with Crippen LogP contribution >= 0.6 is 11.6 Å². The zero-order valence-corrected chi connectivity index (χ0v) is 18.0. The molecule has 1 aromatic carbocycles. The van der Waals surface area contributed by atoms with Crippen LogP contribution in [0.2, 0.25) is 5.28 Å². The van der Waals surface area contributed by atoms with Crippen molar-refractivity contribution < 1.29 is 9.47 Å². The van der Waals surface area contributed by atoms with Gasteiger partial charge in [-0.3, -0.25) is 4.98 Å². The van der Waals surface area contributed by atoms with Crippen LogP contribution in [-0.2, 0) is 9.47 Å². The van der Waals surface area contributed by atoms with Gasteiger partial charge in [-0.15, -0.1) is 0 Å². The molecule has 4 heterocycles. The Morgan fingerprint density at radius 3 is 2.84 bits per heavy atom. The highest BCUT2D eigenvalue weighted by atomic mass is 35.5. The van der Waals surface area contributed by atoms with Crippen molar-refractivity contribution in [2.45, 2.75) is 50.2 Å². The van der Waals surface area contributed by atoms with E-state index >= 15 is 0 Å². The summed E-state index contributed by atoms with van der Waals surface area (Å²) in [5, 5.41) is 2.05. The predicted molar refractivity (Wildman–Crippen MR) is 119 cm³/mol. The number of rotatable bonds is 2. The van der Waals surface area contributed by atoms with E-state index in [4.69, 9.17) is 26.8 Å². The highest BCUT2D eigenvalue weighted by Crippen LogP contribution is 2.51. The summed E-state index contributed by atoms with van der Waals surface area (Å²) in [7, 11) is 0. The molecule has 1 saturated heterocycles. The van der Waals surface area contributed by atoms with Gasteiger partial charge in [-0.25, -0.2) is 4.98 Å². The number of benzene rings is 1. The van der Waals surface area contributed by atoms with Crippen molar-refractivity contribution in [2.24, 2.45) is 0 Å². The molecule has 6 rings (SSSR count). The maximum Gasteiger partial charge on any atom is 0.226 e. The molecule has 3 aromatic heterocycles. The Morgan fingerprint density at radius 2 is 1.97 bits per heavy atom. The number of fused-ring (bicyclic) bond motifs is 3. The summed E-state index contributed by atoms with van der Waals surface area (Å²) in [4.78, 5) is 13.0. The summed E-state index contributed by atoms with van der Waals surface area (Å²) in [6.45, 7) is 3.93. The van der Waals surface area contributed by atoms with Crippen molar-refractivity contribution in [3.8, 4) is 0 Å². The standard InChI is InChI=1S/C23H22ClN5O2/c1-23(2)30-18-15(12-5-6-16-13(10-12)4-3-8-26-16)11-17(19(18)31-23)29-9-7-14-20(25)27-22(24)28-21(14)29/h3-10,15,17-19H,11H2,1-2H3,(H2,25,27,28)/t15-,17-,18-,19+/m1/s1. The molecule has 2 aliphatic rings. The summed E-state index contributed by atoms with van der Waals surface area (Å²) in [5.74, 6) is -0.0986. The van der Waals surface area contributed by atoms with Crippen molar-refractivity contribution in [1.82, 2.24) is 19.5 Å². The van der Waals surface area contributed by atoms with E-state index < -0.39 is 5.79 Å². The number of nitrogen functional groups attached to an aromatic ring is 1. The van der Waals surface area contributed by atoms with Gasteiger partial charge >= 0.3 is 0 Å². The summed E-state index contributed by atoms with van der Waals surface area (Å²) in [5.41, 5.74) is 9.01. The SMILES string of the molecule is CC1(C)O[C@@H]2[C@H](O1)[C@@H](c1ccc3ncccc3c1)C[C@H]2n1ccc2c(N)nc(Cl)nc21. The second-order valence-electron chi connectivity index (χ2n) is 8.77. The van der Waals surface area contributed by atoms with Gasteiger partial charge in [-0.2, -0.15) is 4.98 Å². The van der Waals surface area contributed by atoms with Crippen molar-refractivity contribution in [2.75, 3.05) is 5.73 Å². The second kappa shape index (κ2) is 6.63. The van der Waals surface area contributed by atoms with Gasteiger partial charge in [0.2, 0.25) is 5.28 Å². The number of pyridine rings is 1. The molecular weight excluding hydrogens is 414 g/mol. The quantitative estimate of drug-likeness (QED) is 0.467. The van der Waals surface area contributed by atoms with Crippen LogP contribution in [0.15, 0.2) is 48.8 Å². The second-order valence-corrected chi connectivity index (χ2v) is 9.11. The van der Waals surface area contributed by atoms with E-state index in [1.54, 1.807) is 0 Å². The van der Waals surface area contributed by atoms with Crippen LogP contribution in [0.5, 0.6) is 0 Å². The third-order valence-corrected chi connectivity index (χ3v) is 6.59. The lowest BCUT2D eigenvalue weighted by atomic mass is 9.94. The Balaban J connectivity index is 1.45. The number of nitrogens with zero attached hydrogens (tertiary/aromatic N) is 4. The van der Waals surface area contributed by atoms with Gasteiger partial charge in [0.25, 0.3) is 0 Å². The highest BCUT2D eigenvalue weighted by molar-refractivity contribution is 6.28. The van der Waals surface area contributed by atoms with E-state index in [0.29, 0.717) is 5.82 Å². The van der Waals surface area contributed by atoms with Crippen LogP contribution in [0, 0.1) is 0 Å². The largest absolute Gasteiger partial charge is 0.383 e. The van der Waals surface area contributed by atoms with Crippen LogP contribution in [0.4, 0.5) is 5.82 Å². The lowest BCUT2D eigenvalue weighted by molar-refractivity contribution is -0.157. The van der Waals surface area contributed by atoms with E-state index in [0.717, 1.165) is 28.4 Å². The topological polar surface area (TPSA) is 88.1 Å². The molecule has 8 heteroatoms. The molecular formula is C23H22ClN5O2. The van der Waals surface area contributed by atoms with E-state index in [1.165, 1.54) is 5.56 Å². The van der Waals surface area contributed by atoms with Crippen LogP contribution < -0.4 is 5.73 Å². The van der Waals surface area contributed by atoms with E-state index in [2.05, 4.69) is 43.8 Å². The number of hydrogen-bond donors (Lipinski definition) is 1. The maximum atomic E-state index is 6.40. The molecule has 4 aromatic rings. The van der Waals surface area contributed by atoms with Crippen molar-refractivity contribution in [3.05, 3.63) is 59.6 Å². The third-order valence-electron chi connectivity index (χ3n) is 6.42. The summed E-state index contributed by atoms with van der Waals surface area (Å²) in [6, 6.07) is 12.5. The molecule has 1 aliphatic heterocycles. The van der Waals surface area contributed by atoms with Crippen molar-refractivity contribution in [1.29, 1.82) is 0 Å². The molecule has 31 heavy (non-hydrogen) atoms. The number of ether oxygens (including phenoxy) is 2. The normalized spacial score (nSPS) is 27.2. The first-order valence-electron chi connectivity index (χ1n) is 10.4. The molecule has 0 bridgehead atoms. The molecule has 1 saturated carbocycles. The minimum Gasteiger partial charge on any atom is -0.383 e. The van der Waals surface area contributed by atoms with E-state index in [9.17, 15) is 0 Å². The Kier molecular flexibility index (Phi) is 4.06. The molecule has 2 N–H and O–H groups in total. The monoisotopic (exact) mass is 435 g/mol. The molecule has 0 radical (unpaired) electrons. The van der Waals surface area contributed by atoms with Crippen LogP contribution in [0.25, 0.3) is 21.9 Å². The minimum atomic E-state index is -0.654. The first-order chi connectivity index (χ1) is 14.9. The number of anilines is 1. The predicted octanol–water partition coefficient (Wildman–Crippen LogP) is 4.46. The lowest BCUT2D eigenvalue weighted by Crippen LogP contribution is -2.27. The van der Waals surface area contributed by atoms with Gasteiger partial charge < -0.3 is 19.8 Å². The number of hydrogen-bond acceptors (Lipinski definition) is 6. The smallest absolute Gasteiger partial charge is 0.226 e. The Morgan fingerprint density at radius 1 is 1.13 bits per heavy atom. The Hall–Kier alpha value is -2.74. The fourth-order valence-corrected chi connectivity index (χ4v) is 5.34. The maximum absolute atomic E-state index is 6.40. The first kappa shape index (κ1) is 19.0. The zero-order valence-electron chi connectivity index (χ0n) is 17.2. The Bertz CT molecular complexity index is 1320. The number of aromatic nitrogens is 4. The van der Waals surface area contributed by atoms with E-state index in [-0.39, 0.29) is 29.5 Å². The van der Waals surface area contributed by atoms with Gasteiger partial charge in [0, 0.05) is 23.7 Å². The first-order valence-corrected chi connectivity index (χ1v) is 10.8. The number of nitrogens with two attached hydrogens (primary N) is 1. The number of halogens is 1. The molecule has 4 atom stereocenters. The minimum absolute atomic E-state index is 0.0317. The molecule has 0 spiro atoms. The molecule has 0 amide bonds. The van der Waals surface area contributed by atoms with Gasteiger partial charge in [0.1, 0.15) is 17.6 Å². The fraction of sp³-hybridized carbons (Fsp3) is 0.348. The molecule has 0 unspecified atom stereocenters. The van der Waals surface area contributed by atoms with Crippen LogP contribution in [-0.4, -0.2) is 37.5 Å². The zero-order chi connectivity index (χ0) is 21.3. The van der Waals surface area contributed by atoms with Crippen molar-refractivity contribution in [3.63, 3.8) is 0 Å². The average molecular weight is 436 g/mol. The van der Waals surface area contributed by atoms with Gasteiger partial charge in [-0.1, -0.05) is 12.1 Å². The highest BCUT2D eigenvalue weighted by Gasteiger charge is 2.55. The van der Waals surface area contributed by atoms with Crippen molar-refractivity contribution >= 4 is 39.4 Å².